The molecule has 0 aromatic heterocycles. The van der Waals surface area contributed by atoms with Crippen LogP contribution < -0.4 is 0 Å². The molecule has 0 aliphatic heterocycles. The highest BCUT2D eigenvalue weighted by atomic mass is 35.6. The summed E-state index contributed by atoms with van der Waals surface area (Å²) >= 11 is 37.8. The van der Waals surface area contributed by atoms with Gasteiger partial charge in [0, 0.05) is 12.8 Å². The number of hydrogen-bond acceptors (Lipinski definition) is 0. The molecule has 0 saturated heterocycles. The van der Waals surface area contributed by atoms with Gasteiger partial charge in [-0.3, -0.25) is 0 Å². The first-order chi connectivity index (χ1) is 14.4. The normalized spacial score (nSPS) is 15.5. The molecule has 0 nitrogen and oxygen atoms in total. The van der Waals surface area contributed by atoms with E-state index in [0.29, 0.717) is 12.8 Å². The fourth-order valence-corrected chi connectivity index (χ4v) is 4.94. The molecule has 0 aliphatic carbocycles. The smallest absolute Gasteiger partial charge is 0.0837 e. The molecule has 0 saturated carbocycles. The molecule has 2 atom stereocenters. The highest BCUT2D eigenvalue weighted by molar-refractivity contribution is 6.68. The molecule has 0 fully saturated rings. The number of alkyl halides is 6. The van der Waals surface area contributed by atoms with Crippen LogP contribution in [-0.4, -0.2) is 7.59 Å². The Morgan fingerprint density at radius 3 is 0.938 bits per heavy atom. The summed E-state index contributed by atoms with van der Waals surface area (Å²) in [6, 6.07) is 17.0. The van der Waals surface area contributed by atoms with Gasteiger partial charge in [-0.15, -0.1) is 0 Å². The minimum atomic E-state index is -1.44. The van der Waals surface area contributed by atoms with Crippen molar-refractivity contribution in [2.24, 2.45) is 0 Å². The standard InChI is InChI=1S/C26H32Cl6/c1-23(2,3)19-11-7-17(8-12-19)21(15-25(27,28)29)22(16-26(30,31)32)18-9-13-20(14-10-18)24(4,5)6/h7-14,21-22H,15-16H2,1-6H3. The lowest BCUT2D eigenvalue weighted by Crippen LogP contribution is -2.22. The van der Waals surface area contributed by atoms with E-state index < -0.39 is 7.59 Å². The van der Waals surface area contributed by atoms with Crippen molar-refractivity contribution in [1.29, 1.82) is 0 Å². The predicted octanol–water partition coefficient (Wildman–Crippen LogP) is 10.7. The predicted molar refractivity (Wildman–Crippen MR) is 146 cm³/mol. The molecule has 2 aromatic carbocycles. The number of halogens is 6. The van der Waals surface area contributed by atoms with Crippen molar-refractivity contribution < 1.29 is 0 Å². The van der Waals surface area contributed by atoms with Gasteiger partial charge in [0.1, 0.15) is 0 Å². The molecule has 2 rings (SSSR count). The fraction of sp³-hybridized carbons (Fsp3) is 0.538. The first-order valence-electron chi connectivity index (χ1n) is 10.7. The van der Waals surface area contributed by atoms with Crippen molar-refractivity contribution in [1.82, 2.24) is 0 Å². The topological polar surface area (TPSA) is 0 Å². The molecule has 0 radical (unpaired) electrons. The van der Waals surface area contributed by atoms with Gasteiger partial charge < -0.3 is 0 Å². The minimum absolute atomic E-state index is 0.0446. The van der Waals surface area contributed by atoms with Crippen LogP contribution in [0, 0.1) is 0 Å². The van der Waals surface area contributed by atoms with E-state index in [1.807, 2.05) is 0 Å². The van der Waals surface area contributed by atoms with Crippen LogP contribution in [0.4, 0.5) is 0 Å². The molecule has 0 heterocycles. The largest absolute Gasteiger partial charge is 0.191 e. The van der Waals surface area contributed by atoms with Crippen LogP contribution in [0.25, 0.3) is 0 Å². The first-order valence-corrected chi connectivity index (χ1v) is 13.0. The van der Waals surface area contributed by atoms with Crippen molar-refractivity contribution in [3.63, 3.8) is 0 Å². The van der Waals surface area contributed by atoms with Crippen LogP contribution in [0.3, 0.4) is 0 Å². The lowest BCUT2D eigenvalue weighted by molar-refractivity contribution is 0.483. The third-order valence-electron chi connectivity index (χ3n) is 5.80. The Morgan fingerprint density at radius 2 is 0.750 bits per heavy atom. The average Bonchev–Trinajstić information content (AvgIpc) is 2.62. The van der Waals surface area contributed by atoms with E-state index in [-0.39, 0.29) is 22.7 Å². The lowest BCUT2D eigenvalue weighted by atomic mass is 9.76. The van der Waals surface area contributed by atoms with Crippen LogP contribution in [0.15, 0.2) is 48.5 Å². The Bertz CT molecular complexity index is 784. The second kappa shape index (κ2) is 10.4. The van der Waals surface area contributed by atoms with Gasteiger partial charge in [-0.05, 0) is 44.9 Å². The molecule has 0 amide bonds. The molecular weight excluding hydrogens is 525 g/mol. The first kappa shape index (κ1) is 28.4. The van der Waals surface area contributed by atoms with Gasteiger partial charge in [0.25, 0.3) is 0 Å². The van der Waals surface area contributed by atoms with E-state index in [9.17, 15) is 0 Å². The maximum atomic E-state index is 6.30. The summed E-state index contributed by atoms with van der Waals surface area (Å²) in [5.41, 5.74) is 4.68. The Labute approximate surface area is 223 Å². The molecule has 6 heteroatoms. The van der Waals surface area contributed by atoms with Crippen LogP contribution >= 0.6 is 69.6 Å². The van der Waals surface area contributed by atoms with E-state index in [1.54, 1.807) is 0 Å². The van der Waals surface area contributed by atoms with Crippen molar-refractivity contribution in [3.8, 4) is 0 Å². The van der Waals surface area contributed by atoms with Gasteiger partial charge in [-0.25, -0.2) is 0 Å². The molecule has 0 spiro atoms. The van der Waals surface area contributed by atoms with Crippen molar-refractivity contribution >= 4 is 69.6 Å². The minimum Gasteiger partial charge on any atom is -0.0837 e. The van der Waals surface area contributed by atoms with Crippen molar-refractivity contribution in [2.45, 2.75) is 84.6 Å². The molecule has 2 aromatic rings. The fourth-order valence-electron chi connectivity index (χ4n) is 3.94. The van der Waals surface area contributed by atoms with Gasteiger partial charge in [0.2, 0.25) is 0 Å². The average molecular weight is 557 g/mol. The third-order valence-corrected chi connectivity index (χ3v) is 6.72. The summed E-state index contributed by atoms with van der Waals surface area (Å²) in [6.07, 6.45) is 0.609. The molecule has 0 aliphatic rings. The maximum Gasteiger partial charge on any atom is 0.191 e. The summed E-state index contributed by atoms with van der Waals surface area (Å²) in [5.74, 6) is -0.291. The highest BCUT2D eigenvalue weighted by Gasteiger charge is 2.37. The second-order valence-corrected chi connectivity index (χ2v) is 15.6. The Hall–Kier alpha value is 0.180. The van der Waals surface area contributed by atoms with Crippen LogP contribution in [0.2, 0.25) is 0 Å². The zero-order chi connectivity index (χ0) is 24.5. The van der Waals surface area contributed by atoms with E-state index in [1.165, 1.54) is 11.1 Å². The molecule has 2 unspecified atom stereocenters. The van der Waals surface area contributed by atoms with Gasteiger partial charge in [-0.2, -0.15) is 0 Å². The quantitative estimate of drug-likeness (QED) is 0.321. The highest BCUT2D eigenvalue weighted by Crippen LogP contribution is 2.50. The Morgan fingerprint density at radius 1 is 0.500 bits per heavy atom. The van der Waals surface area contributed by atoms with Crippen LogP contribution in [0.5, 0.6) is 0 Å². The van der Waals surface area contributed by atoms with E-state index in [2.05, 4.69) is 90.1 Å². The monoisotopic (exact) mass is 554 g/mol. The van der Waals surface area contributed by atoms with E-state index in [4.69, 9.17) is 69.6 Å². The van der Waals surface area contributed by atoms with Crippen LogP contribution in [-0.2, 0) is 10.8 Å². The molecular formula is C26H32Cl6. The number of hydrogen-bond donors (Lipinski definition) is 0. The molecule has 0 N–H and O–H groups in total. The van der Waals surface area contributed by atoms with Gasteiger partial charge in [0.15, 0.2) is 7.59 Å². The van der Waals surface area contributed by atoms with E-state index in [0.717, 1.165) is 11.1 Å². The van der Waals surface area contributed by atoms with Gasteiger partial charge in [0.05, 0.1) is 0 Å². The summed E-state index contributed by atoms with van der Waals surface area (Å²) in [5, 5.41) is 0. The number of rotatable bonds is 5. The van der Waals surface area contributed by atoms with Gasteiger partial charge >= 0.3 is 0 Å². The van der Waals surface area contributed by atoms with Crippen LogP contribution in [0.1, 0.15) is 88.5 Å². The van der Waals surface area contributed by atoms with Crippen molar-refractivity contribution in [3.05, 3.63) is 70.8 Å². The van der Waals surface area contributed by atoms with Crippen molar-refractivity contribution in [2.75, 3.05) is 0 Å². The summed E-state index contributed by atoms with van der Waals surface area (Å²) < 4.78 is -2.88. The molecule has 32 heavy (non-hydrogen) atoms. The van der Waals surface area contributed by atoms with Gasteiger partial charge in [-0.1, -0.05) is 160 Å². The molecule has 0 bridgehead atoms. The van der Waals surface area contributed by atoms with E-state index >= 15 is 0 Å². The Kier molecular flexibility index (Phi) is 9.26. The third kappa shape index (κ3) is 8.75. The summed E-state index contributed by atoms with van der Waals surface area (Å²) in [7, 11) is 0. The summed E-state index contributed by atoms with van der Waals surface area (Å²) in [4.78, 5) is 0. The zero-order valence-corrected chi connectivity index (χ0v) is 24.0. The zero-order valence-electron chi connectivity index (χ0n) is 19.5. The SMILES string of the molecule is CC(C)(C)c1ccc(C(CC(Cl)(Cl)Cl)C(CC(Cl)(Cl)Cl)c2ccc(C(C)(C)C)cc2)cc1. The maximum absolute atomic E-state index is 6.30. The number of benzene rings is 2. The lowest BCUT2D eigenvalue weighted by Gasteiger charge is -2.33. The Balaban J connectivity index is 2.57. The summed E-state index contributed by atoms with van der Waals surface area (Å²) in [6.45, 7) is 13.1. The second-order valence-electron chi connectivity index (χ2n) is 10.6. The molecule has 178 valence electrons.